The molecule has 8 heteroatoms. The Bertz CT molecular complexity index is 553. The van der Waals surface area contributed by atoms with E-state index in [2.05, 4.69) is 22.4 Å². The van der Waals surface area contributed by atoms with Gasteiger partial charge in [-0.2, -0.15) is 10.2 Å². The summed E-state index contributed by atoms with van der Waals surface area (Å²) in [7, 11) is 0. The van der Waals surface area contributed by atoms with Gasteiger partial charge in [0.25, 0.3) is 6.43 Å². The minimum atomic E-state index is -2.39. The topological polar surface area (TPSA) is 47.7 Å². The van der Waals surface area contributed by atoms with Gasteiger partial charge in [0, 0.05) is 31.0 Å². The molecule has 0 saturated heterocycles. The molecule has 0 aliphatic carbocycles. The summed E-state index contributed by atoms with van der Waals surface area (Å²) < 4.78 is 27.6. The highest BCUT2D eigenvalue weighted by Gasteiger charge is 2.07. The fourth-order valence-electron chi connectivity index (χ4n) is 1.97. The number of aromatic nitrogens is 4. The lowest BCUT2D eigenvalue weighted by Crippen LogP contribution is -2.06. The Morgan fingerprint density at radius 2 is 2.05 bits per heavy atom. The van der Waals surface area contributed by atoms with Crippen molar-refractivity contribution in [1.82, 2.24) is 19.6 Å². The van der Waals surface area contributed by atoms with E-state index in [1.807, 2.05) is 17.8 Å². The zero-order chi connectivity index (χ0) is 14.5. The SMILES string of the molecule is CCCn1cc(CNc2cnn(CC(F)F)c2)c(C)n1.Cl. The van der Waals surface area contributed by atoms with Gasteiger partial charge in [-0.25, -0.2) is 8.78 Å². The first kappa shape index (κ1) is 17.4. The second-order valence-electron chi connectivity index (χ2n) is 4.70. The van der Waals surface area contributed by atoms with Crippen LogP contribution >= 0.6 is 12.4 Å². The molecule has 0 amide bonds. The first-order valence-electron chi connectivity index (χ1n) is 6.66. The van der Waals surface area contributed by atoms with Crippen LogP contribution in [0.4, 0.5) is 14.5 Å². The Balaban J connectivity index is 0.00000220. The molecule has 0 aliphatic heterocycles. The Morgan fingerprint density at radius 3 is 2.71 bits per heavy atom. The van der Waals surface area contributed by atoms with E-state index >= 15 is 0 Å². The van der Waals surface area contributed by atoms with Crippen LogP contribution in [0.15, 0.2) is 18.6 Å². The van der Waals surface area contributed by atoms with Gasteiger partial charge in [-0.05, 0) is 13.3 Å². The van der Waals surface area contributed by atoms with Crippen molar-refractivity contribution in [2.24, 2.45) is 0 Å². The Kier molecular flexibility index (Phi) is 6.61. The molecule has 21 heavy (non-hydrogen) atoms. The largest absolute Gasteiger partial charge is 0.378 e. The third kappa shape index (κ3) is 5.00. The molecule has 0 saturated carbocycles. The molecular formula is C13H20ClF2N5. The molecule has 2 aromatic heterocycles. The lowest BCUT2D eigenvalue weighted by atomic mass is 10.2. The summed E-state index contributed by atoms with van der Waals surface area (Å²) in [5.74, 6) is 0. The Labute approximate surface area is 128 Å². The normalized spacial score (nSPS) is 10.7. The van der Waals surface area contributed by atoms with Gasteiger partial charge >= 0.3 is 0 Å². The number of aryl methyl sites for hydroxylation is 2. The maximum Gasteiger partial charge on any atom is 0.257 e. The van der Waals surface area contributed by atoms with Gasteiger partial charge < -0.3 is 5.32 Å². The van der Waals surface area contributed by atoms with E-state index in [9.17, 15) is 8.78 Å². The summed E-state index contributed by atoms with van der Waals surface area (Å²) in [6.45, 7) is 5.19. The average Bonchev–Trinajstić information content (AvgIpc) is 2.94. The molecule has 0 atom stereocenters. The van der Waals surface area contributed by atoms with E-state index in [4.69, 9.17) is 0 Å². The van der Waals surface area contributed by atoms with Gasteiger partial charge in [-0.1, -0.05) is 6.92 Å². The van der Waals surface area contributed by atoms with E-state index < -0.39 is 6.43 Å². The van der Waals surface area contributed by atoms with Crippen molar-refractivity contribution in [2.45, 2.75) is 46.3 Å². The first-order chi connectivity index (χ1) is 9.58. The Morgan fingerprint density at radius 1 is 1.29 bits per heavy atom. The fraction of sp³-hybridized carbons (Fsp3) is 0.538. The third-order valence-electron chi connectivity index (χ3n) is 2.94. The van der Waals surface area contributed by atoms with Crippen molar-refractivity contribution in [1.29, 1.82) is 0 Å². The van der Waals surface area contributed by atoms with Crippen molar-refractivity contribution >= 4 is 18.1 Å². The molecular weight excluding hydrogens is 300 g/mol. The number of halogens is 3. The third-order valence-corrected chi connectivity index (χ3v) is 2.94. The lowest BCUT2D eigenvalue weighted by molar-refractivity contribution is 0.122. The van der Waals surface area contributed by atoms with Gasteiger partial charge in [0.05, 0.1) is 17.6 Å². The summed E-state index contributed by atoms with van der Waals surface area (Å²) in [5, 5.41) is 11.5. The number of hydrogen-bond acceptors (Lipinski definition) is 3. The highest BCUT2D eigenvalue weighted by molar-refractivity contribution is 5.85. The van der Waals surface area contributed by atoms with Crippen LogP contribution in [0.5, 0.6) is 0 Å². The standard InChI is InChI=1S/C13H19F2N5.ClH/c1-3-4-19-7-11(10(2)18-19)5-16-12-6-17-20(8-12)9-13(14)15;/h6-8,13,16H,3-5,9H2,1-2H3;1H. The lowest BCUT2D eigenvalue weighted by Gasteiger charge is -2.02. The number of nitrogens with zero attached hydrogens (tertiary/aromatic N) is 4. The first-order valence-corrected chi connectivity index (χ1v) is 6.66. The van der Waals surface area contributed by atoms with Crippen molar-refractivity contribution < 1.29 is 8.78 Å². The Hall–Kier alpha value is -1.63. The van der Waals surface area contributed by atoms with E-state index in [-0.39, 0.29) is 19.0 Å². The van der Waals surface area contributed by atoms with Crippen LogP contribution in [0.1, 0.15) is 24.6 Å². The number of alkyl halides is 2. The predicted octanol–water partition coefficient (Wildman–Crippen LogP) is 3.10. The quantitative estimate of drug-likeness (QED) is 0.853. The fourth-order valence-corrected chi connectivity index (χ4v) is 1.97. The minimum absolute atomic E-state index is 0. The molecule has 0 aromatic carbocycles. The van der Waals surface area contributed by atoms with Crippen LogP contribution in [-0.2, 0) is 19.6 Å². The van der Waals surface area contributed by atoms with Gasteiger partial charge in [-0.15, -0.1) is 12.4 Å². The second-order valence-corrected chi connectivity index (χ2v) is 4.70. The van der Waals surface area contributed by atoms with E-state index in [0.29, 0.717) is 6.54 Å². The van der Waals surface area contributed by atoms with Gasteiger partial charge in [0.1, 0.15) is 6.54 Å². The average molecular weight is 320 g/mol. The van der Waals surface area contributed by atoms with Gasteiger partial charge in [0.15, 0.2) is 0 Å². The zero-order valence-electron chi connectivity index (χ0n) is 12.1. The smallest absolute Gasteiger partial charge is 0.257 e. The molecule has 0 aliphatic rings. The maximum absolute atomic E-state index is 12.2. The molecule has 0 spiro atoms. The van der Waals surface area contributed by atoms with E-state index in [1.165, 1.54) is 4.68 Å². The summed E-state index contributed by atoms with van der Waals surface area (Å²) in [4.78, 5) is 0. The van der Waals surface area contributed by atoms with Crippen LogP contribution in [0, 0.1) is 6.92 Å². The van der Waals surface area contributed by atoms with Crippen molar-refractivity contribution in [2.75, 3.05) is 5.32 Å². The minimum Gasteiger partial charge on any atom is -0.378 e. The molecule has 0 unspecified atom stereocenters. The van der Waals surface area contributed by atoms with Crippen molar-refractivity contribution in [3.8, 4) is 0 Å². The molecule has 2 aromatic rings. The van der Waals surface area contributed by atoms with Crippen LogP contribution in [-0.4, -0.2) is 26.0 Å². The summed E-state index contributed by atoms with van der Waals surface area (Å²) in [5.41, 5.74) is 2.80. The number of hydrogen-bond donors (Lipinski definition) is 1. The molecule has 1 N–H and O–H groups in total. The highest BCUT2D eigenvalue weighted by atomic mass is 35.5. The zero-order valence-corrected chi connectivity index (χ0v) is 12.9. The summed E-state index contributed by atoms with van der Waals surface area (Å²) in [6, 6.07) is 0. The predicted molar refractivity (Wildman–Crippen MR) is 80.1 cm³/mol. The molecule has 0 radical (unpaired) electrons. The van der Waals surface area contributed by atoms with Crippen LogP contribution < -0.4 is 5.32 Å². The van der Waals surface area contributed by atoms with Gasteiger partial charge in [0.2, 0.25) is 0 Å². The molecule has 118 valence electrons. The summed E-state index contributed by atoms with van der Waals surface area (Å²) in [6.07, 6.45) is 3.79. The molecule has 5 nitrogen and oxygen atoms in total. The monoisotopic (exact) mass is 319 g/mol. The highest BCUT2D eigenvalue weighted by Crippen LogP contribution is 2.11. The molecule has 2 heterocycles. The van der Waals surface area contributed by atoms with Crippen LogP contribution in [0.2, 0.25) is 0 Å². The van der Waals surface area contributed by atoms with E-state index in [1.54, 1.807) is 12.4 Å². The molecule has 2 rings (SSSR count). The van der Waals surface area contributed by atoms with Crippen molar-refractivity contribution in [3.63, 3.8) is 0 Å². The van der Waals surface area contributed by atoms with Crippen molar-refractivity contribution in [3.05, 3.63) is 29.8 Å². The van der Waals surface area contributed by atoms with Crippen LogP contribution in [0.3, 0.4) is 0 Å². The van der Waals surface area contributed by atoms with Gasteiger partial charge in [-0.3, -0.25) is 9.36 Å². The number of rotatable bonds is 7. The number of anilines is 1. The maximum atomic E-state index is 12.2. The second kappa shape index (κ2) is 7.97. The molecule has 0 bridgehead atoms. The number of nitrogens with one attached hydrogen (secondary N) is 1. The molecule has 0 fully saturated rings. The van der Waals surface area contributed by atoms with Crippen LogP contribution in [0.25, 0.3) is 0 Å². The van der Waals surface area contributed by atoms with E-state index in [0.717, 1.165) is 29.9 Å². The summed E-state index contributed by atoms with van der Waals surface area (Å²) >= 11 is 0.